The molecule has 0 bridgehead atoms. The Kier molecular flexibility index (Phi) is 5.37. The van der Waals surface area contributed by atoms with E-state index in [1.165, 1.54) is 24.3 Å². The van der Waals surface area contributed by atoms with Gasteiger partial charge in [0.15, 0.2) is 0 Å². The summed E-state index contributed by atoms with van der Waals surface area (Å²) in [7, 11) is -3.83. The number of nitrogens with one attached hydrogen (secondary N) is 1. The molecule has 7 heteroatoms. The van der Waals surface area contributed by atoms with Crippen molar-refractivity contribution in [2.75, 3.05) is 11.4 Å². The van der Waals surface area contributed by atoms with Crippen LogP contribution in [-0.4, -0.2) is 26.9 Å². The zero-order chi connectivity index (χ0) is 18.9. The number of carbonyl (C=O) groups excluding carboxylic acids is 1. The molecule has 1 aliphatic heterocycles. The number of rotatable bonds is 5. The molecule has 1 atom stereocenters. The summed E-state index contributed by atoms with van der Waals surface area (Å²) in [5.41, 5.74) is 1.96. The quantitative estimate of drug-likeness (QED) is 0.849. The number of carbonyl (C=O) groups is 1. The van der Waals surface area contributed by atoms with E-state index in [-0.39, 0.29) is 16.7 Å². The highest BCUT2D eigenvalue weighted by molar-refractivity contribution is 7.89. The van der Waals surface area contributed by atoms with Crippen LogP contribution in [0.5, 0.6) is 0 Å². The predicted octanol–water partition coefficient (Wildman–Crippen LogP) is 3.23. The molecule has 2 aromatic rings. The van der Waals surface area contributed by atoms with Crippen molar-refractivity contribution in [3.63, 3.8) is 0 Å². The summed E-state index contributed by atoms with van der Waals surface area (Å²) in [5, 5.41) is 0.453. The second-order valence-corrected chi connectivity index (χ2v) is 8.82. The highest BCUT2D eigenvalue weighted by Gasteiger charge is 2.34. The minimum absolute atomic E-state index is 0.0853. The third-order valence-electron chi connectivity index (χ3n) is 4.49. The molecule has 3 rings (SSSR count). The number of halogens is 1. The summed E-state index contributed by atoms with van der Waals surface area (Å²) in [6, 6.07) is 12.7. The molecule has 2 aromatic carbocycles. The van der Waals surface area contributed by atoms with E-state index in [2.05, 4.69) is 4.72 Å². The van der Waals surface area contributed by atoms with Crippen LogP contribution in [0.15, 0.2) is 53.4 Å². The van der Waals surface area contributed by atoms with E-state index in [9.17, 15) is 13.2 Å². The van der Waals surface area contributed by atoms with Crippen LogP contribution < -0.4 is 9.62 Å². The van der Waals surface area contributed by atoms with Gasteiger partial charge in [0, 0.05) is 17.3 Å². The Bertz CT molecular complexity index is 911. The number of benzene rings is 2. The zero-order valence-electron chi connectivity index (χ0n) is 14.6. The molecular weight excluding hydrogens is 372 g/mol. The highest BCUT2D eigenvalue weighted by atomic mass is 35.5. The summed E-state index contributed by atoms with van der Waals surface area (Å²) in [4.78, 5) is 14.8. The molecule has 138 valence electrons. The number of nitrogens with zero attached hydrogens (tertiary/aromatic N) is 1. The monoisotopic (exact) mass is 392 g/mol. The van der Waals surface area contributed by atoms with Gasteiger partial charge in [-0.1, -0.05) is 43.6 Å². The van der Waals surface area contributed by atoms with Gasteiger partial charge in [-0.05, 0) is 48.2 Å². The fourth-order valence-electron chi connectivity index (χ4n) is 3.06. The topological polar surface area (TPSA) is 66.5 Å². The van der Waals surface area contributed by atoms with Crippen molar-refractivity contribution in [2.24, 2.45) is 5.92 Å². The second-order valence-electron chi connectivity index (χ2n) is 6.67. The molecule has 0 saturated heterocycles. The second kappa shape index (κ2) is 7.39. The molecule has 1 N–H and O–H groups in total. The standard InChI is InChI=1S/C19H21ClN2O3S/c1-13(2)18(21-26(24,25)16-9-7-15(20)8-10-16)19(23)22-12-11-14-5-3-4-6-17(14)22/h3-10,13,18,21H,11-12H2,1-2H3/t18-/m0/s1. The Balaban J connectivity index is 1.86. The molecule has 0 aliphatic carbocycles. The lowest BCUT2D eigenvalue weighted by Gasteiger charge is -2.27. The van der Waals surface area contributed by atoms with E-state index in [1.54, 1.807) is 4.90 Å². The number of hydrogen-bond acceptors (Lipinski definition) is 3. The molecule has 0 unspecified atom stereocenters. The molecular formula is C19H21ClN2O3S. The fraction of sp³-hybridized carbons (Fsp3) is 0.316. The van der Waals surface area contributed by atoms with Crippen molar-refractivity contribution < 1.29 is 13.2 Å². The Labute approximate surface area is 159 Å². The molecule has 0 fully saturated rings. The maximum atomic E-state index is 13.1. The Hall–Kier alpha value is -1.89. The van der Waals surface area contributed by atoms with Crippen molar-refractivity contribution >= 4 is 33.2 Å². The van der Waals surface area contributed by atoms with Crippen LogP contribution in [0.3, 0.4) is 0 Å². The van der Waals surface area contributed by atoms with Crippen LogP contribution in [0.4, 0.5) is 5.69 Å². The maximum absolute atomic E-state index is 13.1. The van der Waals surface area contributed by atoms with E-state index < -0.39 is 16.1 Å². The zero-order valence-corrected chi connectivity index (χ0v) is 16.2. The van der Waals surface area contributed by atoms with E-state index in [1.807, 2.05) is 38.1 Å². The van der Waals surface area contributed by atoms with Crippen LogP contribution in [0, 0.1) is 5.92 Å². The van der Waals surface area contributed by atoms with Gasteiger partial charge in [-0.25, -0.2) is 8.42 Å². The maximum Gasteiger partial charge on any atom is 0.245 e. The van der Waals surface area contributed by atoms with E-state index in [0.717, 1.165) is 17.7 Å². The smallest absolute Gasteiger partial charge is 0.245 e. The first-order valence-corrected chi connectivity index (χ1v) is 10.3. The molecule has 0 saturated carbocycles. The number of amides is 1. The summed E-state index contributed by atoms with van der Waals surface area (Å²) in [6.07, 6.45) is 0.774. The SMILES string of the molecule is CC(C)[C@H](NS(=O)(=O)c1ccc(Cl)cc1)C(=O)N1CCc2ccccc21. The number of para-hydroxylation sites is 1. The first kappa shape index (κ1) is 18.9. The average molecular weight is 393 g/mol. The fourth-order valence-corrected chi connectivity index (χ4v) is 4.52. The van der Waals surface area contributed by atoms with Crippen LogP contribution in [0.25, 0.3) is 0 Å². The molecule has 0 aromatic heterocycles. The number of anilines is 1. The minimum Gasteiger partial charge on any atom is -0.310 e. The van der Waals surface area contributed by atoms with Crippen LogP contribution in [-0.2, 0) is 21.2 Å². The van der Waals surface area contributed by atoms with Gasteiger partial charge < -0.3 is 4.90 Å². The lowest BCUT2D eigenvalue weighted by Crippen LogP contribution is -2.51. The number of fused-ring (bicyclic) bond motifs is 1. The number of sulfonamides is 1. The molecule has 0 radical (unpaired) electrons. The van der Waals surface area contributed by atoms with Crippen LogP contribution in [0.1, 0.15) is 19.4 Å². The van der Waals surface area contributed by atoms with E-state index in [4.69, 9.17) is 11.6 Å². The minimum atomic E-state index is -3.83. The van der Waals surface area contributed by atoms with Crippen LogP contribution >= 0.6 is 11.6 Å². The van der Waals surface area contributed by atoms with Gasteiger partial charge in [0.2, 0.25) is 15.9 Å². The van der Waals surface area contributed by atoms with Crippen LogP contribution in [0.2, 0.25) is 5.02 Å². The van der Waals surface area contributed by atoms with Crippen molar-refractivity contribution in [3.05, 3.63) is 59.1 Å². The highest BCUT2D eigenvalue weighted by Crippen LogP contribution is 2.29. The van der Waals surface area contributed by atoms with Crippen molar-refractivity contribution in [2.45, 2.75) is 31.2 Å². The molecule has 1 aliphatic rings. The summed E-state index contributed by atoms with van der Waals surface area (Å²) >= 11 is 5.83. The average Bonchev–Trinajstić information content (AvgIpc) is 3.03. The Morgan fingerprint density at radius 3 is 2.42 bits per heavy atom. The van der Waals surface area contributed by atoms with E-state index in [0.29, 0.717) is 11.6 Å². The molecule has 1 amide bonds. The first-order chi connectivity index (χ1) is 12.3. The van der Waals surface area contributed by atoms with Crippen molar-refractivity contribution in [3.8, 4) is 0 Å². The van der Waals surface area contributed by atoms with Crippen molar-refractivity contribution in [1.82, 2.24) is 4.72 Å². The number of hydrogen-bond donors (Lipinski definition) is 1. The van der Waals surface area contributed by atoms with Gasteiger partial charge in [-0.3, -0.25) is 4.79 Å². The third-order valence-corrected chi connectivity index (χ3v) is 6.20. The summed E-state index contributed by atoms with van der Waals surface area (Å²) < 4.78 is 28.0. The van der Waals surface area contributed by atoms with Crippen molar-refractivity contribution in [1.29, 1.82) is 0 Å². The van der Waals surface area contributed by atoms with Gasteiger partial charge in [0.1, 0.15) is 6.04 Å². The lowest BCUT2D eigenvalue weighted by atomic mass is 10.0. The molecule has 26 heavy (non-hydrogen) atoms. The predicted molar refractivity (Wildman–Crippen MR) is 103 cm³/mol. The third kappa shape index (κ3) is 3.77. The Morgan fingerprint density at radius 1 is 1.12 bits per heavy atom. The van der Waals surface area contributed by atoms with Gasteiger partial charge in [-0.15, -0.1) is 0 Å². The summed E-state index contributed by atoms with van der Waals surface area (Å²) in [5.74, 6) is -0.431. The molecule has 1 heterocycles. The Morgan fingerprint density at radius 2 is 1.77 bits per heavy atom. The molecule has 5 nitrogen and oxygen atoms in total. The van der Waals surface area contributed by atoms with E-state index >= 15 is 0 Å². The van der Waals surface area contributed by atoms with Gasteiger partial charge in [0.05, 0.1) is 4.90 Å². The van der Waals surface area contributed by atoms with Gasteiger partial charge in [0.25, 0.3) is 0 Å². The first-order valence-electron chi connectivity index (χ1n) is 8.47. The molecule has 0 spiro atoms. The summed E-state index contributed by atoms with van der Waals surface area (Å²) in [6.45, 7) is 4.22. The lowest BCUT2D eigenvalue weighted by molar-refractivity contribution is -0.121. The normalized spacial score (nSPS) is 15.2. The van der Waals surface area contributed by atoms with Gasteiger partial charge >= 0.3 is 0 Å². The largest absolute Gasteiger partial charge is 0.310 e. The van der Waals surface area contributed by atoms with Gasteiger partial charge in [-0.2, -0.15) is 4.72 Å².